The summed E-state index contributed by atoms with van der Waals surface area (Å²) in [4.78, 5) is 21.0. The predicted octanol–water partition coefficient (Wildman–Crippen LogP) is 5.22. The van der Waals surface area contributed by atoms with Gasteiger partial charge in [0.1, 0.15) is 5.75 Å². The molecule has 0 fully saturated rings. The van der Waals surface area contributed by atoms with Gasteiger partial charge in [0.25, 0.3) is 0 Å². The number of carbonyl (C=O) groups is 1. The number of ether oxygens (including phenoxy) is 1. The highest BCUT2D eigenvalue weighted by molar-refractivity contribution is 5.81. The average Bonchev–Trinajstić information content (AvgIpc) is 2.84. The van der Waals surface area contributed by atoms with Crippen molar-refractivity contribution in [2.75, 3.05) is 6.61 Å². The van der Waals surface area contributed by atoms with Crippen LogP contribution in [0.25, 0.3) is 0 Å². The molecule has 6 nitrogen and oxygen atoms in total. The molecule has 0 amide bonds. The molecule has 6 heteroatoms. The van der Waals surface area contributed by atoms with E-state index in [1.165, 1.54) is 5.56 Å². The predicted molar refractivity (Wildman–Crippen MR) is 126 cm³/mol. The molecule has 1 aliphatic rings. The van der Waals surface area contributed by atoms with E-state index >= 15 is 0 Å². The lowest BCUT2D eigenvalue weighted by atomic mass is 9.81. The zero-order chi connectivity index (χ0) is 23.0. The lowest BCUT2D eigenvalue weighted by Gasteiger charge is -2.26. The SMILES string of the molecule is CC(CC1CCc2c(cccc2OCC(=O)O)C1)=NOC(c1ccccc1)c1ccncc1. The summed E-state index contributed by atoms with van der Waals surface area (Å²) in [5, 5.41) is 13.4. The van der Waals surface area contributed by atoms with Crippen molar-refractivity contribution in [1.82, 2.24) is 4.98 Å². The van der Waals surface area contributed by atoms with Gasteiger partial charge in [-0.2, -0.15) is 0 Å². The Morgan fingerprint density at radius 3 is 2.61 bits per heavy atom. The monoisotopic (exact) mass is 444 g/mol. The van der Waals surface area contributed by atoms with Crippen LogP contribution in [0, 0.1) is 5.92 Å². The largest absolute Gasteiger partial charge is 0.482 e. The molecule has 0 aliphatic heterocycles. The van der Waals surface area contributed by atoms with Crippen LogP contribution in [0.4, 0.5) is 0 Å². The summed E-state index contributed by atoms with van der Waals surface area (Å²) in [6.45, 7) is 1.69. The molecule has 1 N–H and O–H groups in total. The van der Waals surface area contributed by atoms with E-state index in [4.69, 9.17) is 14.7 Å². The van der Waals surface area contributed by atoms with E-state index in [-0.39, 0.29) is 12.7 Å². The van der Waals surface area contributed by atoms with Crippen LogP contribution in [0.3, 0.4) is 0 Å². The Morgan fingerprint density at radius 1 is 1.09 bits per heavy atom. The van der Waals surface area contributed by atoms with Gasteiger partial charge in [-0.1, -0.05) is 47.6 Å². The number of hydrogen-bond acceptors (Lipinski definition) is 5. The highest BCUT2D eigenvalue weighted by Gasteiger charge is 2.23. The van der Waals surface area contributed by atoms with E-state index in [1.54, 1.807) is 12.4 Å². The Balaban J connectivity index is 1.42. The van der Waals surface area contributed by atoms with Crippen molar-refractivity contribution in [1.29, 1.82) is 0 Å². The van der Waals surface area contributed by atoms with Crippen LogP contribution in [0.2, 0.25) is 0 Å². The zero-order valence-corrected chi connectivity index (χ0v) is 18.7. The third kappa shape index (κ3) is 5.98. The Morgan fingerprint density at radius 2 is 1.85 bits per heavy atom. The Labute approximate surface area is 193 Å². The van der Waals surface area contributed by atoms with E-state index in [1.807, 2.05) is 61.5 Å². The number of carboxylic acids is 1. The summed E-state index contributed by atoms with van der Waals surface area (Å²) in [5.74, 6) is 0.175. The van der Waals surface area contributed by atoms with Crippen LogP contribution in [-0.4, -0.2) is 28.4 Å². The molecule has 33 heavy (non-hydrogen) atoms. The first-order valence-electron chi connectivity index (χ1n) is 11.2. The number of aliphatic carboxylic acids is 1. The first-order chi connectivity index (χ1) is 16.1. The van der Waals surface area contributed by atoms with E-state index in [9.17, 15) is 4.79 Å². The molecule has 1 aromatic heterocycles. The molecular weight excluding hydrogens is 416 g/mol. The lowest BCUT2D eigenvalue weighted by Crippen LogP contribution is -2.19. The van der Waals surface area contributed by atoms with E-state index in [2.05, 4.69) is 16.2 Å². The summed E-state index contributed by atoms with van der Waals surface area (Å²) >= 11 is 0. The molecule has 2 aromatic carbocycles. The normalized spacial score (nSPS) is 16.5. The molecule has 1 aliphatic carbocycles. The summed E-state index contributed by atoms with van der Waals surface area (Å²) < 4.78 is 5.48. The average molecular weight is 445 g/mol. The van der Waals surface area contributed by atoms with Gasteiger partial charge in [0.2, 0.25) is 0 Å². The fourth-order valence-corrected chi connectivity index (χ4v) is 4.37. The van der Waals surface area contributed by atoms with Crippen molar-refractivity contribution in [3.63, 3.8) is 0 Å². The second-order valence-corrected chi connectivity index (χ2v) is 8.39. The molecule has 0 bridgehead atoms. The van der Waals surface area contributed by atoms with Gasteiger partial charge in [-0.15, -0.1) is 0 Å². The quantitative estimate of drug-likeness (QED) is 0.361. The number of aromatic nitrogens is 1. The number of fused-ring (bicyclic) bond motifs is 1. The Hall–Kier alpha value is -3.67. The van der Waals surface area contributed by atoms with Crippen LogP contribution in [0.1, 0.15) is 48.1 Å². The molecule has 3 aromatic rings. The molecule has 2 unspecified atom stereocenters. The van der Waals surface area contributed by atoms with Crippen molar-refractivity contribution in [2.24, 2.45) is 11.1 Å². The van der Waals surface area contributed by atoms with Crippen molar-refractivity contribution in [2.45, 2.75) is 38.7 Å². The minimum Gasteiger partial charge on any atom is -0.482 e. The van der Waals surface area contributed by atoms with Crippen LogP contribution >= 0.6 is 0 Å². The summed E-state index contributed by atoms with van der Waals surface area (Å²) in [6, 6.07) is 19.8. The van der Waals surface area contributed by atoms with Gasteiger partial charge in [-0.25, -0.2) is 4.79 Å². The second kappa shape index (κ2) is 10.8. The van der Waals surface area contributed by atoms with Crippen molar-refractivity contribution in [3.05, 3.63) is 95.3 Å². The first kappa shape index (κ1) is 22.5. The number of oxime groups is 1. The van der Waals surface area contributed by atoms with Gasteiger partial charge in [0.05, 0.1) is 5.71 Å². The van der Waals surface area contributed by atoms with Crippen LogP contribution in [0.15, 0.2) is 78.2 Å². The maximum atomic E-state index is 10.9. The zero-order valence-electron chi connectivity index (χ0n) is 18.7. The van der Waals surface area contributed by atoms with Crippen molar-refractivity contribution < 1.29 is 19.5 Å². The molecule has 170 valence electrons. The van der Waals surface area contributed by atoms with Gasteiger partial charge in [0, 0.05) is 18.0 Å². The highest BCUT2D eigenvalue weighted by Crippen LogP contribution is 2.34. The van der Waals surface area contributed by atoms with Gasteiger partial charge < -0.3 is 14.7 Å². The molecule has 0 spiro atoms. The van der Waals surface area contributed by atoms with Crippen molar-refractivity contribution >= 4 is 11.7 Å². The first-order valence-corrected chi connectivity index (χ1v) is 11.2. The summed E-state index contributed by atoms with van der Waals surface area (Å²) in [7, 11) is 0. The van der Waals surface area contributed by atoms with Gasteiger partial charge in [0.15, 0.2) is 12.7 Å². The topological polar surface area (TPSA) is 81.0 Å². The fourth-order valence-electron chi connectivity index (χ4n) is 4.37. The number of rotatable bonds is 9. The van der Waals surface area contributed by atoms with Crippen LogP contribution in [-0.2, 0) is 22.5 Å². The smallest absolute Gasteiger partial charge is 0.341 e. The van der Waals surface area contributed by atoms with E-state index in [0.717, 1.165) is 48.1 Å². The lowest BCUT2D eigenvalue weighted by molar-refractivity contribution is -0.139. The molecule has 4 rings (SSSR count). The van der Waals surface area contributed by atoms with Crippen LogP contribution < -0.4 is 4.74 Å². The Bertz CT molecular complexity index is 1060. The standard InChI is InChI=1S/C27H28N2O4/c1-19(29-33-27(21-6-3-2-4-7-21)22-12-14-28-15-13-22)16-20-10-11-24-23(17-20)8-5-9-25(24)32-18-26(30)31/h2-9,12-15,20,27H,10-11,16-18H2,1H3,(H,30,31). The second-order valence-electron chi connectivity index (χ2n) is 8.39. The number of carboxylic acid groups (broad SMARTS) is 1. The minimum absolute atomic E-state index is 0.287. The minimum atomic E-state index is -0.964. The van der Waals surface area contributed by atoms with E-state index < -0.39 is 5.97 Å². The van der Waals surface area contributed by atoms with Crippen molar-refractivity contribution in [3.8, 4) is 5.75 Å². The highest BCUT2D eigenvalue weighted by atomic mass is 16.6. The fraction of sp³-hybridized carbons (Fsp3) is 0.296. The molecule has 0 saturated carbocycles. The molecule has 0 radical (unpaired) electrons. The summed E-state index contributed by atoms with van der Waals surface area (Å²) in [5.41, 5.74) is 5.36. The third-order valence-electron chi connectivity index (χ3n) is 5.90. The van der Waals surface area contributed by atoms with E-state index in [0.29, 0.717) is 11.7 Å². The molecule has 1 heterocycles. The molecule has 0 saturated heterocycles. The van der Waals surface area contributed by atoms with Crippen LogP contribution in [0.5, 0.6) is 5.75 Å². The molecular formula is C27H28N2O4. The summed E-state index contributed by atoms with van der Waals surface area (Å²) in [6.07, 6.45) is 6.87. The number of benzene rings is 2. The number of nitrogens with zero attached hydrogens (tertiary/aromatic N) is 2. The number of hydrogen-bond donors (Lipinski definition) is 1. The maximum Gasteiger partial charge on any atom is 0.341 e. The van der Waals surface area contributed by atoms with Gasteiger partial charge in [-0.3, -0.25) is 4.98 Å². The van der Waals surface area contributed by atoms with Gasteiger partial charge >= 0.3 is 5.97 Å². The Kier molecular flexibility index (Phi) is 7.35. The third-order valence-corrected chi connectivity index (χ3v) is 5.90. The number of pyridine rings is 1. The maximum absolute atomic E-state index is 10.9. The van der Waals surface area contributed by atoms with Gasteiger partial charge in [-0.05, 0) is 73.4 Å². The molecule has 2 atom stereocenters.